The maximum absolute atomic E-state index is 9.48. The number of nitrogens with one attached hydrogen (secondary N) is 2. The molecule has 1 rings (SSSR count). The standard InChI is InChI=1S/C10H12N2O2.C2H6/c1-6-3-4-8(9(13)5-6)10(12)14-7(2)11;1-2/h3-5,11-13H,1-2H3;1-2H3. The smallest absolute Gasteiger partial charge is 0.224 e. The summed E-state index contributed by atoms with van der Waals surface area (Å²) in [5.41, 5.74) is 1.20. The second-order valence-corrected chi connectivity index (χ2v) is 3.01. The number of aromatic hydroxyl groups is 1. The number of ether oxygens (including phenoxy) is 1. The van der Waals surface area contributed by atoms with E-state index in [1.165, 1.54) is 6.92 Å². The zero-order valence-corrected chi connectivity index (χ0v) is 10.1. The molecule has 0 aliphatic carbocycles. The van der Waals surface area contributed by atoms with Gasteiger partial charge in [0, 0.05) is 6.92 Å². The Bertz CT molecular complexity index is 387. The Labute approximate surface area is 95.9 Å². The average molecular weight is 222 g/mol. The fraction of sp³-hybridized carbons (Fsp3) is 0.333. The predicted molar refractivity (Wildman–Crippen MR) is 65.5 cm³/mol. The predicted octanol–water partition coefficient (Wildman–Crippen LogP) is 3.07. The molecule has 0 bridgehead atoms. The molecule has 1 aromatic rings. The summed E-state index contributed by atoms with van der Waals surface area (Å²) in [5, 5.41) is 24.0. The fourth-order valence-electron chi connectivity index (χ4n) is 1.04. The van der Waals surface area contributed by atoms with Crippen LogP contribution >= 0.6 is 0 Å². The van der Waals surface area contributed by atoms with Crippen LogP contribution in [0, 0.1) is 17.7 Å². The summed E-state index contributed by atoms with van der Waals surface area (Å²) in [7, 11) is 0. The zero-order chi connectivity index (χ0) is 12.7. The van der Waals surface area contributed by atoms with Crippen molar-refractivity contribution in [2.24, 2.45) is 0 Å². The Morgan fingerprint density at radius 2 is 1.81 bits per heavy atom. The van der Waals surface area contributed by atoms with Gasteiger partial charge in [-0.15, -0.1) is 0 Å². The molecule has 0 unspecified atom stereocenters. The van der Waals surface area contributed by atoms with Crippen LogP contribution in [0.25, 0.3) is 0 Å². The third-order valence-electron chi connectivity index (χ3n) is 1.65. The van der Waals surface area contributed by atoms with Crippen molar-refractivity contribution in [1.29, 1.82) is 10.8 Å². The number of hydrogen-bond donors (Lipinski definition) is 3. The van der Waals surface area contributed by atoms with Crippen LogP contribution in [0.5, 0.6) is 5.75 Å². The van der Waals surface area contributed by atoms with Crippen LogP contribution < -0.4 is 0 Å². The van der Waals surface area contributed by atoms with Gasteiger partial charge in [0.15, 0.2) is 5.90 Å². The minimum atomic E-state index is -0.213. The molecule has 0 radical (unpaired) electrons. The summed E-state index contributed by atoms with van der Waals surface area (Å²) >= 11 is 0. The minimum Gasteiger partial charge on any atom is -0.507 e. The van der Waals surface area contributed by atoms with E-state index in [0.29, 0.717) is 5.56 Å². The van der Waals surface area contributed by atoms with Crippen molar-refractivity contribution in [2.45, 2.75) is 27.7 Å². The maximum atomic E-state index is 9.48. The van der Waals surface area contributed by atoms with Crippen LogP contribution in [0.2, 0.25) is 0 Å². The normalized spacial score (nSPS) is 8.75. The first-order valence-corrected chi connectivity index (χ1v) is 5.12. The fourth-order valence-corrected chi connectivity index (χ4v) is 1.04. The number of phenolic OH excluding ortho intramolecular Hbond substituents is 1. The summed E-state index contributed by atoms with van der Waals surface area (Å²) < 4.78 is 4.76. The number of hydrogen-bond acceptors (Lipinski definition) is 4. The monoisotopic (exact) mass is 222 g/mol. The van der Waals surface area contributed by atoms with Crippen LogP contribution in [0.4, 0.5) is 0 Å². The largest absolute Gasteiger partial charge is 0.507 e. The highest BCUT2D eigenvalue weighted by molar-refractivity contribution is 6.00. The Kier molecular flexibility index (Phi) is 5.85. The lowest BCUT2D eigenvalue weighted by molar-refractivity contribution is 0.466. The molecule has 0 heterocycles. The van der Waals surface area contributed by atoms with E-state index < -0.39 is 0 Å². The van der Waals surface area contributed by atoms with Crippen molar-refractivity contribution < 1.29 is 9.84 Å². The highest BCUT2D eigenvalue weighted by Crippen LogP contribution is 2.19. The molecule has 0 spiro atoms. The molecule has 4 heteroatoms. The SMILES string of the molecule is CC.CC(=N)OC(=N)c1ccc(C)cc1O. The molecule has 16 heavy (non-hydrogen) atoms. The highest BCUT2D eigenvalue weighted by Gasteiger charge is 2.09. The van der Waals surface area contributed by atoms with E-state index in [1.54, 1.807) is 18.2 Å². The van der Waals surface area contributed by atoms with Gasteiger partial charge < -0.3 is 9.84 Å². The number of rotatable bonds is 1. The molecule has 3 N–H and O–H groups in total. The first kappa shape index (κ1) is 14.2. The van der Waals surface area contributed by atoms with Crippen LogP contribution in [0.3, 0.4) is 0 Å². The topological polar surface area (TPSA) is 77.2 Å². The van der Waals surface area contributed by atoms with Gasteiger partial charge in [-0.2, -0.15) is 0 Å². The summed E-state index contributed by atoms with van der Waals surface area (Å²) in [6, 6.07) is 4.91. The van der Waals surface area contributed by atoms with Crippen LogP contribution in [-0.2, 0) is 4.74 Å². The second-order valence-electron chi connectivity index (χ2n) is 3.01. The van der Waals surface area contributed by atoms with Gasteiger partial charge in [-0.25, -0.2) is 0 Å². The van der Waals surface area contributed by atoms with Crippen molar-refractivity contribution in [3.63, 3.8) is 0 Å². The Morgan fingerprint density at radius 1 is 1.25 bits per heavy atom. The van der Waals surface area contributed by atoms with Gasteiger partial charge >= 0.3 is 0 Å². The van der Waals surface area contributed by atoms with Crippen molar-refractivity contribution in [3.05, 3.63) is 29.3 Å². The highest BCUT2D eigenvalue weighted by atomic mass is 16.5. The minimum absolute atomic E-state index is 0.00347. The first-order chi connectivity index (χ1) is 7.50. The summed E-state index contributed by atoms with van der Waals surface area (Å²) in [6.07, 6.45) is 0. The van der Waals surface area contributed by atoms with Gasteiger partial charge in [-0.05, 0) is 24.6 Å². The van der Waals surface area contributed by atoms with Gasteiger partial charge in [0.2, 0.25) is 5.90 Å². The lowest BCUT2D eigenvalue weighted by atomic mass is 10.1. The lowest BCUT2D eigenvalue weighted by Crippen LogP contribution is -2.08. The quantitative estimate of drug-likeness (QED) is 0.504. The molecule has 4 nitrogen and oxygen atoms in total. The molecule has 0 aliphatic rings. The zero-order valence-electron chi connectivity index (χ0n) is 10.1. The van der Waals surface area contributed by atoms with Crippen molar-refractivity contribution >= 4 is 11.8 Å². The molecular formula is C12H18N2O2. The van der Waals surface area contributed by atoms with E-state index in [4.69, 9.17) is 15.6 Å². The second kappa shape index (κ2) is 6.61. The molecule has 0 atom stereocenters. The molecule has 88 valence electrons. The van der Waals surface area contributed by atoms with Crippen LogP contribution in [0.15, 0.2) is 18.2 Å². The van der Waals surface area contributed by atoms with E-state index >= 15 is 0 Å². The number of aryl methyl sites for hydroxylation is 1. The summed E-state index contributed by atoms with van der Waals surface area (Å²) in [6.45, 7) is 7.27. The van der Waals surface area contributed by atoms with Gasteiger partial charge in [-0.3, -0.25) is 10.8 Å². The van der Waals surface area contributed by atoms with E-state index in [1.807, 2.05) is 20.8 Å². The molecule has 0 aromatic heterocycles. The summed E-state index contributed by atoms with van der Waals surface area (Å²) in [5.74, 6) is -0.291. The maximum Gasteiger partial charge on any atom is 0.224 e. The van der Waals surface area contributed by atoms with Crippen LogP contribution in [-0.4, -0.2) is 16.9 Å². The Balaban J connectivity index is 0.00000106. The molecule has 0 saturated carbocycles. The lowest BCUT2D eigenvalue weighted by Gasteiger charge is -2.07. The third-order valence-corrected chi connectivity index (χ3v) is 1.65. The number of benzene rings is 1. The number of phenols is 1. The molecule has 0 fully saturated rings. The van der Waals surface area contributed by atoms with Crippen molar-refractivity contribution in [3.8, 4) is 5.75 Å². The Hall–Kier alpha value is -1.84. The van der Waals surface area contributed by atoms with E-state index in [9.17, 15) is 5.11 Å². The molecule has 0 amide bonds. The van der Waals surface area contributed by atoms with E-state index in [-0.39, 0.29) is 17.5 Å². The van der Waals surface area contributed by atoms with Crippen molar-refractivity contribution in [2.75, 3.05) is 0 Å². The van der Waals surface area contributed by atoms with Gasteiger partial charge in [-0.1, -0.05) is 19.9 Å². The van der Waals surface area contributed by atoms with Gasteiger partial charge in [0.05, 0.1) is 5.56 Å². The molecule has 0 saturated heterocycles. The van der Waals surface area contributed by atoms with Crippen molar-refractivity contribution in [1.82, 2.24) is 0 Å². The first-order valence-electron chi connectivity index (χ1n) is 5.12. The third kappa shape index (κ3) is 4.13. The van der Waals surface area contributed by atoms with Gasteiger partial charge in [0.25, 0.3) is 0 Å². The summed E-state index contributed by atoms with van der Waals surface area (Å²) in [4.78, 5) is 0. The Morgan fingerprint density at radius 3 is 2.25 bits per heavy atom. The van der Waals surface area contributed by atoms with E-state index in [2.05, 4.69) is 0 Å². The van der Waals surface area contributed by atoms with E-state index in [0.717, 1.165) is 5.56 Å². The van der Waals surface area contributed by atoms with Gasteiger partial charge in [0.1, 0.15) is 5.75 Å². The molecule has 0 aliphatic heterocycles. The molecular weight excluding hydrogens is 204 g/mol. The van der Waals surface area contributed by atoms with Crippen LogP contribution in [0.1, 0.15) is 31.9 Å². The average Bonchev–Trinajstić information content (AvgIpc) is 2.19. The molecule has 1 aromatic carbocycles.